The van der Waals surface area contributed by atoms with Crippen molar-refractivity contribution >= 4 is 16.1 Å². The summed E-state index contributed by atoms with van der Waals surface area (Å²) in [5, 5.41) is 8.38. The lowest BCUT2D eigenvalue weighted by Crippen LogP contribution is -2.00. The fourth-order valence-electron chi connectivity index (χ4n) is 0.795. The van der Waals surface area contributed by atoms with Crippen LogP contribution < -0.4 is 0 Å². The predicted molar refractivity (Wildman–Crippen MR) is 59.9 cm³/mol. The van der Waals surface area contributed by atoms with Crippen LogP contribution in [-0.4, -0.2) is 32.4 Å². The highest BCUT2D eigenvalue weighted by Gasteiger charge is 1.96. The molecule has 0 fully saturated rings. The summed E-state index contributed by atoms with van der Waals surface area (Å²) in [7, 11) is -3.17. The SMILES string of the molecule is CCOS(C)(=O)=O.O=C(O)c1ccccc1. The van der Waals surface area contributed by atoms with Gasteiger partial charge in [0.1, 0.15) is 0 Å². The Hall–Kier alpha value is -1.40. The number of benzene rings is 1. The van der Waals surface area contributed by atoms with E-state index in [1.54, 1.807) is 37.3 Å². The number of rotatable bonds is 3. The van der Waals surface area contributed by atoms with Crippen molar-refractivity contribution in [3.8, 4) is 0 Å². The average Bonchev–Trinajstić information content (AvgIpc) is 2.18. The number of carbonyl (C=O) groups is 1. The van der Waals surface area contributed by atoms with Crippen molar-refractivity contribution < 1.29 is 22.5 Å². The van der Waals surface area contributed by atoms with Crippen molar-refractivity contribution in [2.45, 2.75) is 6.92 Å². The summed E-state index contributed by atoms with van der Waals surface area (Å²) >= 11 is 0. The van der Waals surface area contributed by atoms with Gasteiger partial charge in [0.25, 0.3) is 10.1 Å². The summed E-state index contributed by atoms with van der Waals surface area (Å²) in [5.74, 6) is -0.879. The van der Waals surface area contributed by atoms with Gasteiger partial charge in [-0.2, -0.15) is 8.42 Å². The van der Waals surface area contributed by atoms with Crippen LogP contribution >= 0.6 is 0 Å². The van der Waals surface area contributed by atoms with Gasteiger partial charge in [0.15, 0.2) is 0 Å². The van der Waals surface area contributed by atoms with Gasteiger partial charge in [-0.15, -0.1) is 0 Å². The smallest absolute Gasteiger partial charge is 0.335 e. The van der Waals surface area contributed by atoms with E-state index in [1.807, 2.05) is 0 Å². The van der Waals surface area contributed by atoms with Gasteiger partial charge >= 0.3 is 5.97 Å². The van der Waals surface area contributed by atoms with Gasteiger partial charge in [-0.25, -0.2) is 4.79 Å². The summed E-state index contributed by atoms with van der Waals surface area (Å²) in [6, 6.07) is 8.30. The van der Waals surface area contributed by atoms with Gasteiger partial charge in [0.05, 0.1) is 18.4 Å². The van der Waals surface area contributed by atoms with E-state index in [1.165, 1.54) is 0 Å². The quantitative estimate of drug-likeness (QED) is 0.814. The number of hydrogen-bond donors (Lipinski definition) is 1. The first-order valence-electron chi connectivity index (χ1n) is 4.49. The summed E-state index contributed by atoms with van der Waals surface area (Å²) < 4.78 is 24.2. The molecule has 1 N–H and O–H groups in total. The first-order chi connectivity index (χ1) is 7.37. The van der Waals surface area contributed by atoms with E-state index in [4.69, 9.17) is 5.11 Å². The Morgan fingerprint density at radius 2 is 1.81 bits per heavy atom. The Morgan fingerprint density at radius 3 is 2.00 bits per heavy atom. The van der Waals surface area contributed by atoms with Crippen LogP contribution in [0, 0.1) is 0 Å². The van der Waals surface area contributed by atoms with Crippen LogP contribution in [0.2, 0.25) is 0 Å². The van der Waals surface area contributed by atoms with E-state index in [0.29, 0.717) is 5.56 Å². The van der Waals surface area contributed by atoms with Crippen LogP contribution in [0.15, 0.2) is 30.3 Å². The molecular formula is C10H14O5S. The van der Waals surface area contributed by atoms with E-state index in [-0.39, 0.29) is 6.61 Å². The monoisotopic (exact) mass is 246 g/mol. The molecule has 0 amide bonds. The van der Waals surface area contributed by atoms with E-state index in [9.17, 15) is 13.2 Å². The van der Waals surface area contributed by atoms with Crippen LogP contribution in [0.4, 0.5) is 0 Å². The van der Waals surface area contributed by atoms with Crippen LogP contribution in [0.25, 0.3) is 0 Å². The molecule has 0 aliphatic heterocycles. The molecule has 0 spiro atoms. The molecule has 0 saturated heterocycles. The minimum Gasteiger partial charge on any atom is -0.478 e. The highest BCUT2D eigenvalue weighted by atomic mass is 32.2. The third-order valence-corrected chi connectivity index (χ3v) is 2.02. The van der Waals surface area contributed by atoms with Crippen LogP contribution in [0.5, 0.6) is 0 Å². The molecule has 1 rings (SSSR count). The standard InChI is InChI=1S/C7H6O2.C3H8O3S/c8-7(9)6-4-2-1-3-5-6;1-3-6-7(2,4)5/h1-5H,(H,8,9);3H2,1-2H3. The molecule has 0 atom stereocenters. The van der Waals surface area contributed by atoms with Crippen LogP contribution in [0.3, 0.4) is 0 Å². The molecule has 16 heavy (non-hydrogen) atoms. The first-order valence-corrected chi connectivity index (χ1v) is 6.31. The van der Waals surface area contributed by atoms with Gasteiger partial charge in [0, 0.05) is 0 Å². The third-order valence-electron chi connectivity index (χ3n) is 1.35. The predicted octanol–water partition coefficient (Wildman–Crippen LogP) is 1.37. The average molecular weight is 246 g/mol. The molecular weight excluding hydrogens is 232 g/mol. The van der Waals surface area contributed by atoms with Gasteiger partial charge in [-0.1, -0.05) is 18.2 Å². The van der Waals surface area contributed by atoms with E-state index >= 15 is 0 Å². The largest absolute Gasteiger partial charge is 0.478 e. The number of carboxylic acid groups (broad SMARTS) is 1. The molecule has 0 bridgehead atoms. The van der Waals surface area contributed by atoms with Crippen molar-refractivity contribution in [1.82, 2.24) is 0 Å². The second-order valence-corrected chi connectivity index (χ2v) is 4.43. The molecule has 1 aromatic rings. The molecule has 1 aromatic carbocycles. The number of carboxylic acids is 1. The zero-order chi connectivity index (χ0) is 12.6. The zero-order valence-corrected chi connectivity index (χ0v) is 9.90. The van der Waals surface area contributed by atoms with Crippen molar-refractivity contribution in [3.63, 3.8) is 0 Å². The van der Waals surface area contributed by atoms with Gasteiger partial charge < -0.3 is 5.11 Å². The second kappa shape index (κ2) is 6.97. The third kappa shape index (κ3) is 7.95. The lowest BCUT2D eigenvalue weighted by Gasteiger charge is -1.90. The highest BCUT2D eigenvalue weighted by molar-refractivity contribution is 7.85. The summed E-state index contributed by atoms with van der Waals surface area (Å²) in [6.07, 6.45) is 1.02. The molecule has 90 valence electrons. The van der Waals surface area contributed by atoms with Gasteiger partial charge in [0.2, 0.25) is 0 Å². The topological polar surface area (TPSA) is 80.7 Å². The maximum Gasteiger partial charge on any atom is 0.335 e. The number of hydrogen-bond acceptors (Lipinski definition) is 4. The highest BCUT2D eigenvalue weighted by Crippen LogP contribution is 1.96. The molecule has 0 aromatic heterocycles. The lowest BCUT2D eigenvalue weighted by atomic mass is 10.2. The number of aromatic carboxylic acids is 1. The summed E-state index contributed by atoms with van der Waals surface area (Å²) in [5.41, 5.74) is 0.331. The summed E-state index contributed by atoms with van der Waals surface area (Å²) in [6.45, 7) is 1.85. The van der Waals surface area contributed by atoms with E-state index in [2.05, 4.69) is 4.18 Å². The normalized spacial score (nSPS) is 10.1. The molecule has 0 aliphatic rings. The molecule has 5 nitrogen and oxygen atoms in total. The van der Waals surface area contributed by atoms with Crippen molar-refractivity contribution in [2.75, 3.05) is 12.9 Å². The van der Waals surface area contributed by atoms with Gasteiger partial charge in [-0.3, -0.25) is 4.18 Å². The lowest BCUT2D eigenvalue weighted by molar-refractivity contribution is 0.0697. The molecule has 0 radical (unpaired) electrons. The molecule has 0 heterocycles. The molecule has 0 unspecified atom stereocenters. The van der Waals surface area contributed by atoms with Crippen molar-refractivity contribution in [2.24, 2.45) is 0 Å². The van der Waals surface area contributed by atoms with Gasteiger partial charge in [-0.05, 0) is 19.1 Å². The minimum atomic E-state index is -3.17. The molecule has 0 saturated carbocycles. The van der Waals surface area contributed by atoms with Crippen LogP contribution in [0.1, 0.15) is 17.3 Å². The Balaban J connectivity index is 0.000000293. The molecule has 0 aliphatic carbocycles. The Kier molecular flexibility index (Phi) is 6.36. The van der Waals surface area contributed by atoms with E-state index < -0.39 is 16.1 Å². The van der Waals surface area contributed by atoms with Crippen LogP contribution in [-0.2, 0) is 14.3 Å². The maximum atomic E-state index is 10.2. The van der Waals surface area contributed by atoms with Crippen molar-refractivity contribution in [1.29, 1.82) is 0 Å². The van der Waals surface area contributed by atoms with E-state index in [0.717, 1.165) is 6.26 Å². The Bertz CT molecular complexity index is 410. The molecule has 6 heteroatoms. The first kappa shape index (κ1) is 14.6. The fraction of sp³-hybridized carbons (Fsp3) is 0.300. The maximum absolute atomic E-state index is 10.2. The fourth-order valence-corrected chi connectivity index (χ4v) is 1.22. The minimum absolute atomic E-state index is 0.221. The van der Waals surface area contributed by atoms with Crippen molar-refractivity contribution in [3.05, 3.63) is 35.9 Å². The Labute approximate surface area is 94.8 Å². The zero-order valence-electron chi connectivity index (χ0n) is 9.08. The summed E-state index contributed by atoms with van der Waals surface area (Å²) in [4.78, 5) is 10.2. The second-order valence-electron chi connectivity index (χ2n) is 2.78. The Morgan fingerprint density at radius 1 is 1.31 bits per heavy atom.